The first kappa shape index (κ1) is 11.0. The number of hydroxylamine groups is 2. The van der Waals surface area contributed by atoms with Crippen molar-refractivity contribution in [3.05, 3.63) is 0 Å². The van der Waals surface area contributed by atoms with Crippen molar-refractivity contribution >= 4 is 11.9 Å². The number of β-lactam (4-membered cyclic amide) rings is 1. The summed E-state index contributed by atoms with van der Waals surface area (Å²) in [6, 6.07) is -0.877. The van der Waals surface area contributed by atoms with Gasteiger partial charge in [0, 0.05) is 0 Å². The molecule has 0 aromatic rings. The lowest BCUT2D eigenvalue weighted by Crippen LogP contribution is -2.68. The highest BCUT2D eigenvalue weighted by atomic mass is 16.6. The third kappa shape index (κ3) is 1.48. The lowest BCUT2D eigenvalue weighted by atomic mass is 9.75. The minimum Gasteiger partial charge on any atom is -0.461 e. The molecule has 1 aliphatic heterocycles. The van der Waals surface area contributed by atoms with E-state index in [1.807, 2.05) is 0 Å². The standard InChI is InChI=1S/C9H15NO4/c1-5(2)14-7(11)6-9(3,4)8(12)10(6)13/h5-6,13H,1-4H3. The van der Waals surface area contributed by atoms with E-state index >= 15 is 0 Å². The van der Waals surface area contributed by atoms with Gasteiger partial charge in [-0.2, -0.15) is 0 Å². The van der Waals surface area contributed by atoms with Crippen molar-refractivity contribution < 1.29 is 19.5 Å². The average molecular weight is 201 g/mol. The van der Waals surface area contributed by atoms with Crippen molar-refractivity contribution in [1.82, 2.24) is 5.06 Å². The Morgan fingerprint density at radius 1 is 1.57 bits per heavy atom. The molecule has 5 nitrogen and oxygen atoms in total. The molecule has 1 amide bonds. The van der Waals surface area contributed by atoms with Gasteiger partial charge in [-0.25, -0.2) is 9.86 Å². The Balaban J connectivity index is 2.70. The van der Waals surface area contributed by atoms with Gasteiger partial charge in [0.15, 0.2) is 6.04 Å². The summed E-state index contributed by atoms with van der Waals surface area (Å²) in [6.07, 6.45) is -0.248. The fourth-order valence-corrected chi connectivity index (χ4v) is 1.46. The van der Waals surface area contributed by atoms with Gasteiger partial charge in [-0.3, -0.25) is 10.0 Å². The molecule has 1 N–H and O–H groups in total. The molecule has 0 saturated carbocycles. The highest BCUT2D eigenvalue weighted by Crippen LogP contribution is 2.37. The zero-order chi connectivity index (χ0) is 11.1. The molecule has 1 rings (SSSR count). The van der Waals surface area contributed by atoms with E-state index in [0.717, 1.165) is 0 Å². The zero-order valence-corrected chi connectivity index (χ0v) is 8.77. The van der Waals surface area contributed by atoms with Gasteiger partial charge in [0.05, 0.1) is 11.5 Å². The molecule has 1 fully saturated rings. The second-order valence-corrected chi connectivity index (χ2v) is 4.26. The van der Waals surface area contributed by atoms with E-state index in [9.17, 15) is 14.8 Å². The predicted octanol–water partition coefficient (Wildman–Crippen LogP) is 0.564. The summed E-state index contributed by atoms with van der Waals surface area (Å²) in [4.78, 5) is 22.6. The van der Waals surface area contributed by atoms with E-state index in [1.54, 1.807) is 27.7 Å². The topological polar surface area (TPSA) is 66.8 Å². The number of hydrogen-bond donors (Lipinski definition) is 1. The Bertz CT molecular complexity index is 272. The first-order valence-electron chi connectivity index (χ1n) is 4.51. The summed E-state index contributed by atoms with van der Waals surface area (Å²) in [6.45, 7) is 6.64. The fraction of sp³-hybridized carbons (Fsp3) is 0.778. The average Bonchev–Trinajstić information content (AvgIpc) is 2.01. The highest BCUT2D eigenvalue weighted by Gasteiger charge is 2.59. The smallest absolute Gasteiger partial charge is 0.332 e. The number of rotatable bonds is 2. The Kier molecular flexibility index (Phi) is 2.54. The SMILES string of the molecule is CC(C)OC(=O)C1N(O)C(=O)C1(C)C. The monoisotopic (exact) mass is 201 g/mol. The molecule has 0 aromatic heterocycles. The summed E-state index contributed by atoms with van der Waals surface area (Å²) in [5.74, 6) is -1.02. The van der Waals surface area contributed by atoms with E-state index in [0.29, 0.717) is 5.06 Å². The molecule has 80 valence electrons. The van der Waals surface area contributed by atoms with Gasteiger partial charge in [-0.15, -0.1) is 0 Å². The maximum Gasteiger partial charge on any atom is 0.332 e. The normalized spacial score (nSPS) is 24.9. The first-order chi connectivity index (χ1) is 6.28. The number of carbonyl (C=O) groups is 2. The lowest BCUT2D eigenvalue weighted by Gasteiger charge is -2.46. The van der Waals surface area contributed by atoms with Gasteiger partial charge in [-0.1, -0.05) is 0 Å². The minimum atomic E-state index is -0.877. The third-order valence-corrected chi connectivity index (χ3v) is 2.26. The van der Waals surface area contributed by atoms with Crippen LogP contribution in [0.3, 0.4) is 0 Å². The third-order valence-electron chi connectivity index (χ3n) is 2.26. The van der Waals surface area contributed by atoms with Gasteiger partial charge in [-0.05, 0) is 27.7 Å². The molecule has 1 heterocycles. The highest BCUT2D eigenvalue weighted by molar-refractivity contribution is 5.98. The summed E-state index contributed by atoms with van der Waals surface area (Å²) in [5.41, 5.74) is -0.860. The largest absolute Gasteiger partial charge is 0.461 e. The Morgan fingerprint density at radius 3 is 2.43 bits per heavy atom. The number of ether oxygens (including phenoxy) is 1. The van der Waals surface area contributed by atoms with Crippen LogP contribution in [0, 0.1) is 5.41 Å². The Labute approximate surface area is 82.6 Å². The van der Waals surface area contributed by atoms with Crippen molar-refractivity contribution in [3.8, 4) is 0 Å². The molecular formula is C9H15NO4. The quantitative estimate of drug-likeness (QED) is 0.403. The molecule has 1 unspecified atom stereocenters. The second kappa shape index (κ2) is 3.24. The van der Waals surface area contributed by atoms with Crippen LogP contribution in [0.1, 0.15) is 27.7 Å². The van der Waals surface area contributed by atoms with Crippen LogP contribution in [0.2, 0.25) is 0 Å². The van der Waals surface area contributed by atoms with Crippen LogP contribution in [-0.4, -0.2) is 34.3 Å². The van der Waals surface area contributed by atoms with E-state index < -0.39 is 23.3 Å². The molecular weight excluding hydrogens is 186 g/mol. The molecule has 5 heteroatoms. The van der Waals surface area contributed by atoms with Gasteiger partial charge in [0.25, 0.3) is 5.91 Å². The van der Waals surface area contributed by atoms with Crippen LogP contribution >= 0.6 is 0 Å². The molecule has 14 heavy (non-hydrogen) atoms. The minimum absolute atomic E-state index is 0.248. The van der Waals surface area contributed by atoms with Crippen LogP contribution in [0.15, 0.2) is 0 Å². The molecule has 0 aromatic carbocycles. The number of hydrogen-bond acceptors (Lipinski definition) is 4. The van der Waals surface area contributed by atoms with Crippen molar-refractivity contribution in [2.45, 2.75) is 39.8 Å². The number of nitrogens with zero attached hydrogens (tertiary/aromatic N) is 1. The van der Waals surface area contributed by atoms with Crippen LogP contribution in [0.5, 0.6) is 0 Å². The van der Waals surface area contributed by atoms with E-state index in [-0.39, 0.29) is 6.10 Å². The van der Waals surface area contributed by atoms with Crippen LogP contribution < -0.4 is 0 Å². The summed E-state index contributed by atoms with van der Waals surface area (Å²) in [5, 5.41) is 9.61. The van der Waals surface area contributed by atoms with Crippen molar-refractivity contribution in [2.24, 2.45) is 5.41 Å². The Hall–Kier alpha value is -1.10. The molecule has 1 atom stereocenters. The van der Waals surface area contributed by atoms with E-state index in [2.05, 4.69) is 0 Å². The number of esters is 1. The fourth-order valence-electron chi connectivity index (χ4n) is 1.46. The van der Waals surface area contributed by atoms with Crippen molar-refractivity contribution in [1.29, 1.82) is 0 Å². The maximum atomic E-state index is 11.4. The van der Waals surface area contributed by atoms with Crippen LogP contribution in [0.25, 0.3) is 0 Å². The van der Waals surface area contributed by atoms with E-state index in [1.165, 1.54) is 0 Å². The molecule has 0 radical (unpaired) electrons. The summed E-state index contributed by atoms with van der Waals surface area (Å²) < 4.78 is 4.92. The Morgan fingerprint density at radius 2 is 2.07 bits per heavy atom. The van der Waals surface area contributed by atoms with Gasteiger partial charge in [0.1, 0.15) is 0 Å². The first-order valence-corrected chi connectivity index (χ1v) is 4.51. The number of carbonyl (C=O) groups excluding carboxylic acids is 2. The molecule has 1 saturated heterocycles. The van der Waals surface area contributed by atoms with Gasteiger partial charge >= 0.3 is 5.97 Å². The lowest BCUT2D eigenvalue weighted by molar-refractivity contribution is -0.240. The zero-order valence-electron chi connectivity index (χ0n) is 8.77. The van der Waals surface area contributed by atoms with Crippen molar-refractivity contribution in [2.75, 3.05) is 0 Å². The maximum absolute atomic E-state index is 11.4. The van der Waals surface area contributed by atoms with Gasteiger partial charge in [0.2, 0.25) is 0 Å². The van der Waals surface area contributed by atoms with Crippen LogP contribution in [-0.2, 0) is 14.3 Å². The molecule has 0 bridgehead atoms. The predicted molar refractivity (Wildman–Crippen MR) is 47.4 cm³/mol. The second-order valence-electron chi connectivity index (χ2n) is 4.26. The summed E-state index contributed by atoms with van der Waals surface area (Å²) >= 11 is 0. The van der Waals surface area contributed by atoms with Crippen LogP contribution in [0.4, 0.5) is 0 Å². The van der Waals surface area contributed by atoms with E-state index in [4.69, 9.17) is 4.74 Å². The summed E-state index contributed by atoms with van der Waals surface area (Å²) in [7, 11) is 0. The molecule has 0 spiro atoms. The number of amides is 1. The van der Waals surface area contributed by atoms with Crippen molar-refractivity contribution in [3.63, 3.8) is 0 Å². The molecule has 1 aliphatic rings. The van der Waals surface area contributed by atoms with Gasteiger partial charge < -0.3 is 4.74 Å². The molecule has 0 aliphatic carbocycles.